The number of carbonyl (C=O) groups is 2. The van der Waals surface area contributed by atoms with Gasteiger partial charge in [0.2, 0.25) is 5.91 Å². The number of para-hydroxylation sites is 1. The molecule has 138 valence electrons. The molecule has 27 heavy (non-hydrogen) atoms. The maximum Gasteiger partial charge on any atom is 0.232 e. The molecule has 1 aliphatic carbocycles. The molecule has 4 heteroatoms. The third-order valence-corrected chi connectivity index (χ3v) is 5.45. The standard InChI is InChI=1S/C23H23NO3/c1-23(2)13-19-22(20(26)14-23)18(15-8-10-17(25)11-9-15)12-21(27)24(19)16-6-4-3-5-7-16/h3-11,18,25H,12-14H2,1-2H3/t18-/m1/s1. The Labute approximate surface area is 159 Å². The Morgan fingerprint density at radius 2 is 1.63 bits per heavy atom. The highest BCUT2D eigenvalue weighted by molar-refractivity contribution is 6.07. The number of hydrogen-bond acceptors (Lipinski definition) is 3. The molecular formula is C23H23NO3. The molecule has 0 radical (unpaired) electrons. The van der Waals surface area contributed by atoms with Crippen molar-refractivity contribution in [3.05, 3.63) is 71.4 Å². The third kappa shape index (κ3) is 3.16. The summed E-state index contributed by atoms with van der Waals surface area (Å²) in [7, 11) is 0. The second-order valence-electron chi connectivity index (χ2n) is 8.21. The van der Waals surface area contributed by atoms with Crippen molar-refractivity contribution in [2.45, 2.75) is 39.0 Å². The van der Waals surface area contributed by atoms with Crippen molar-refractivity contribution < 1.29 is 14.7 Å². The minimum Gasteiger partial charge on any atom is -0.508 e. The van der Waals surface area contributed by atoms with E-state index in [1.165, 1.54) is 0 Å². The Morgan fingerprint density at radius 3 is 2.30 bits per heavy atom. The normalized spacial score (nSPS) is 22.0. The fourth-order valence-electron chi connectivity index (χ4n) is 4.28. The topological polar surface area (TPSA) is 57.6 Å². The van der Waals surface area contributed by atoms with Gasteiger partial charge in [-0.3, -0.25) is 14.5 Å². The Balaban J connectivity index is 1.89. The van der Waals surface area contributed by atoms with Gasteiger partial charge in [0.05, 0.1) is 0 Å². The van der Waals surface area contributed by atoms with E-state index in [1.54, 1.807) is 17.0 Å². The average Bonchev–Trinajstić information content (AvgIpc) is 2.61. The molecule has 0 saturated carbocycles. The van der Waals surface area contributed by atoms with E-state index in [2.05, 4.69) is 13.8 Å². The molecular weight excluding hydrogens is 338 g/mol. The van der Waals surface area contributed by atoms with Gasteiger partial charge in [-0.2, -0.15) is 0 Å². The Morgan fingerprint density at radius 1 is 0.963 bits per heavy atom. The zero-order chi connectivity index (χ0) is 19.2. The summed E-state index contributed by atoms with van der Waals surface area (Å²) in [5, 5.41) is 9.60. The maximum absolute atomic E-state index is 13.1. The predicted molar refractivity (Wildman–Crippen MR) is 104 cm³/mol. The molecule has 0 aromatic heterocycles. The van der Waals surface area contributed by atoms with Crippen LogP contribution in [0.3, 0.4) is 0 Å². The third-order valence-electron chi connectivity index (χ3n) is 5.45. The molecule has 0 bridgehead atoms. The van der Waals surface area contributed by atoms with E-state index in [1.807, 2.05) is 42.5 Å². The van der Waals surface area contributed by atoms with Gasteiger partial charge in [0.1, 0.15) is 5.75 Å². The largest absolute Gasteiger partial charge is 0.508 e. The first kappa shape index (κ1) is 17.5. The number of rotatable bonds is 2. The number of hydrogen-bond donors (Lipinski definition) is 1. The van der Waals surface area contributed by atoms with E-state index in [9.17, 15) is 14.7 Å². The molecule has 1 amide bonds. The van der Waals surface area contributed by atoms with Gasteiger partial charge in [0.15, 0.2) is 5.78 Å². The number of anilines is 1. The fraction of sp³-hybridized carbons (Fsp3) is 0.304. The van der Waals surface area contributed by atoms with E-state index < -0.39 is 0 Å². The zero-order valence-corrected chi connectivity index (χ0v) is 15.6. The molecule has 1 heterocycles. The van der Waals surface area contributed by atoms with E-state index in [0.717, 1.165) is 22.5 Å². The van der Waals surface area contributed by atoms with Gasteiger partial charge in [-0.05, 0) is 41.7 Å². The van der Waals surface area contributed by atoms with E-state index >= 15 is 0 Å². The smallest absolute Gasteiger partial charge is 0.232 e. The van der Waals surface area contributed by atoms with Crippen molar-refractivity contribution in [1.82, 2.24) is 0 Å². The molecule has 0 unspecified atom stereocenters. The Bertz CT molecular complexity index is 926. The van der Waals surface area contributed by atoms with Gasteiger partial charge in [0.25, 0.3) is 0 Å². The predicted octanol–water partition coefficient (Wildman–Crippen LogP) is 4.56. The molecule has 1 N–H and O–H groups in total. The molecule has 0 spiro atoms. The number of phenols is 1. The molecule has 2 aliphatic rings. The second kappa shape index (κ2) is 6.38. The van der Waals surface area contributed by atoms with Crippen molar-refractivity contribution in [1.29, 1.82) is 0 Å². The zero-order valence-electron chi connectivity index (χ0n) is 15.6. The highest BCUT2D eigenvalue weighted by Crippen LogP contribution is 2.48. The van der Waals surface area contributed by atoms with Gasteiger partial charge in [-0.15, -0.1) is 0 Å². The summed E-state index contributed by atoms with van der Waals surface area (Å²) in [6.45, 7) is 4.15. The summed E-state index contributed by atoms with van der Waals surface area (Å²) in [5.74, 6) is 0.0463. The van der Waals surface area contributed by atoms with Gasteiger partial charge >= 0.3 is 0 Å². The van der Waals surface area contributed by atoms with Crippen molar-refractivity contribution in [2.24, 2.45) is 5.41 Å². The van der Waals surface area contributed by atoms with Crippen LogP contribution in [0.25, 0.3) is 0 Å². The van der Waals surface area contributed by atoms with Crippen LogP contribution in [0.4, 0.5) is 5.69 Å². The van der Waals surface area contributed by atoms with Gasteiger partial charge in [-0.25, -0.2) is 0 Å². The highest BCUT2D eigenvalue weighted by atomic mass is 16.3. The lowest BCUT2D eigenvalue weighted by Gasteiger charge is -2.43. The summed E-state index contributed by atoms with van der Waals surface area (Å²) in [6.07, 6.45) is 1.42. The maximum atomic E-state index is 13.1. The van der Waals surface area contributed by atoms with Crippen molar-refractivity contribution in [3.8, 4) is 5.75 Å². The number of Topliss-reactive ketones (excluding diaryl/α,β-unsaturated/α-hetero) is 1. The fourth-order valence-corrected chi connectivity index (χ4v) is 4.28. The number of phenolic OH excluding ortho intramolecular Hbond substituents is 1. The summed E-state index contributed by atoms with van der Waals surface area (Å²) in [6, 6.07) is 16.4. The average molecular weight is 361 g/mol. The molecule has 2 aromatic carbocycles. The lowest BCUT2D eigenvalue weighted by molar-refractivity contribution is -0.121. The first-order valence-corrected chi connectivity index (χ1v) is 9.29. The second-order valence-corrected chi connectivity index (χ2v) is 8.21. The monoisotopic (exact) mass is 361 g/mol. The molecule has 0 saturated heterocycles. The van der Waals surface area contributed by atoms with Crippen LogP contribution < -0.4 is 4.90 Å². The van der Waals surface area contributed by atoms with Gasteiger partial charge < -0.3 is 5.11 Å². The van der Waals surface area contributed by atoms with Crippen LogP contribution in [-0.2, 0) is 9.59 Å². The number of allylic oxidation sites excluding steroid dienone is 2. The molecule has 2 aromatic rings. The number of nitrogens with zero attached hydrogens (tertiary/aromatic N) is 1. The molecule has 0 fully saturated rings. The minimum absolute atomic E-state index is 0.00326. The Kier molecular flexibility index (Phi) is 4.14. The summed E-state index contributed by atoms with van der Waals surface area (Å²) in [5.41, 5.74) is 3.11. The van der Waals surface area contributed by atoms with Crippen LogP contribution >= 0.6 is 0 Å². The number of amides is 1. The minimum atomic E-state index is -0.253. The van der Waals surface area contributed by atoms with Crippen molar-refractivity contribution >= 4 is 17.4 Å². The van der Waals surface area contributed by atoms with Crippen LogP contribution in [-0.4, -0.2) is 16.8 Å². The van der Waals surface area contributed by atoms with E-state index in [4.69, 9.17) is 0 Å². The SMILES string of the molecule is CC1(C)CC(=O)C2=C(C1)N(c1ccccc1)C(=O)C[C@@H]2c1ccc(O)cc1. The number of ketones is 1. The van der Waals surface area contributed by atoms with Gasteiger partial charge in [0, 0.05) is 35.7 Å². The molecule has 4 rings (SSSR count). The van der Waals surface area contributed by atoms with Crippen LogP contribution in [0.1, 0.15) is 44.6 Å². The van der Waals surface area contributed by atoms with E-state index in [0.29, 0.717) is 12.8 Å². The van der Waals surface area contributed by atoms with Crippen molar-refractivity contribution in [2.75, 3.05) is 4.90 Å². The summed E-state index contributed by atoms with van der Waals surface area (Å²) in [4.78, 5) is 28.0. The van der Waals surface area contributed by atoms with Crippen LogP contribution in [0.5, 0.6) is 5.75 Å². The van der Waals surface area contributed by atoms with Crippen LogP contribution in [0.15, 0.2) is 65.9 Å². The molecule has 1 atom stereocenters. The summed E-state index contributed by atoms with van der Waals surface area (Å²) >= 11 is 0. The van der Waals surface area contributed by atoms with Gasteiger partial charge in [-0.1, -0.05) is 44.2 Å². The highest BCUT2D eigenvalue weighted by Gasteiger charge is 2.44. The van der Waals surface area contributed by atoms with Crippen molar-refractivity contribution in [3.63, 3.8) is 0 Å². The summed E-state index contributed by atoms with van der Waals surface area (Å²) < 4.78 is 0. The number of benzene rings is 2. The number of aromatic hydroxyl groups is 1. The number of carbonyl (C=O) groups excluding carboxylic acids is 2. The quantitative estimate of drug-likeness (QED) is 0.853. The van der Waals surface area contributed by atoms with Crippen LogP contribution in [0.2, 0.25) is 0 Å². The lowest BCUT2D eigenvalue weighted by Crippen LogP contribution is -2.43. The first-order valence-electron chi connectivity index (χ1n) is 9.29. The van der Waals surface area contributed by atoms with E-state index in [-0.39, 0.29) is 35.2 Å². The molecule has 1 aliphatic heterocycles. The molecule has 4 nitrogen and oxygen atoms in total. The Hall–Kier alpha value is -2.88. The van der Waals surface area contributed by atoms with Crippen LogP contribution in [0, 0.1) is 5.41 Å². The first-order chi connectivity index (χ1) is 12.9. The lowest BCUT2D eigenvalue weighted by atomic mass is 9.69.